The lowest BCUT2D eigenvalue weighted by Gasteiger charge is -2.26. The smallest absolute Gasteiger partial charge is 0.119 e. The average molecular weight is 1070 g/mol. The molecule has 2 aliphatic carbocycles. The Bertz CT molecular complexity index is 2840. The van der Waals surface area contributed by atoms with Crippen molar-refractivity contribution in [3.05, 3.63) is 181 Å². The molecule has 0 N–H and O–H groups in total. The molecule has 2 aliphatic rings. The lowest BCUT2D eigenvalue weighted by atomic mass is 9.84. The molecule has 0 spiro atoms. The Morgan fingerprint density at radius 2 is 0.650 bits per heavy atom. The van der Waals surface area contributed by atoms with Crippen molar-refractivity contribution in [3.63, 3.8) is 0 Å². The number of anilines is 3. The van der Waals surface area contributed by atoms with Gasteiger partial charge in [-0.15, -0.1) is 0 Å². The minimum atomic E-state index is 0.733. The van der Waals surface area contributed by atoms with Crippen molar-refractivity contribution < 1.29 is 18.9 Å². The molecule has 6 heteroatoms. The summed E-state index contributed by atoms with van der Waals surface area (Å²) in [5.41, 5.74) is 9.74. The molecule has 80 heavy (non-hydrogen) atoms. The number of ether oxygens (including phenoxy) is 4. The number of rotatable bonds is 32. The van der Waals surface area contributed by atoms with Crippen LogP contribution in [0.2, 0.25) is 0 Å². The lowest BCUT2D eigenvalue weighted by molar-refractivity contribution is 0.301. The van der Waals surface area contributed by atoms with E-state index in [1.165, 1.54) is 174 Å². The van der Waals surface area contributed by atoms with Crippen LogP contribution >= 0.6 is 0 Å². The quantitative estimate of drug-likeness (QED) is 0.0393. The van der Waals surface area contributed by atoms with E-state index >= 15 is 0 Å². The van der Waals surface area contributed by atoms with E-state index in [0.29, 0.717) is 0 Å². The van der Waals surface area contributed by atoms with Crippen LogP contribution in [0.1, 0.15) is 190 Å². The Morgan fingerprint density at radius 1 is 0.312 bits per heavy atom. The average Bonchev–Trinajstić information content (AvgIpc) is 3.95. The maximum absolute atomic E-state index is 6.33. The molecule has 0 unspecified atom stereocenters. The first-order chi connectivity index (χ1) is 39.7. The molecule has 0 atom stereocenters. The van der Waals surface area contributed by atoms with Gasteiger partial charge in [0.15, 0.2) is 0 Å². The Kier molecular flexibility index (Phi) is 21.8. The fourth-order valence-electron chi connectivity index (χ4n) is 12.6. The number of hydrogen-bond donors (Lipinski definition) is 0. The van der Waals surface area contributed by atoms with Crippen LogP contribution in [0, 0.1) is 0 Å². The van der Waals surface area contributed by atoms with Crippen LogP contribution in [0.3, 0.4) is 0 Å². The van der Waals surface area contributed by atoms with Crippen molar-refractivity contribution in [3.8, 4) is 28.7 Å². The summed E-state index contributed by atoms with van der Waals surface area (Å²) in [5, 5.41) is 2.52. The maximum Gasteiger partial charge on any atom is 0.119 e. The SMILES string of the molecule is c1cc(N(c2ccc(OCCCCCCCCCCOc3ccc(C4CCCCC4)cc3)cc2)c2ccc(OCCCCCCCCCCOc3ccc(C4CCCCC4)cc3)cc2)cc(-n2c3ccccc3c3ccccc32)c1. The molecule has 6 nitrogen and oxygen atoms in total. The van der Waals surface area contributed by atoms with Crippen molar-refractivity contribution in [1.82, 2.24) is 4.57 Å². The van der Waals surface area contributed by atoms with Crippen molar-refractivity contribution in [2.45, 2.75) is 179 Å². The fraction of sp³-hybridized carbons (Fsp3) is 0.432. The van der Waals surface area contributed by atoms with E-state index in [0.717, 1.165) is 110 Å². The second-order valence-electron chi connectivity index (χ2n) is 23.1. The van der Waals surface area contributed by atoms with Gasteiger partial charge in [0.1, 0.15) is 23.0 Å². The first-order valence-electron chi connectivity index (χ1n) is 31.5. The molecule has 10 rings (SSSR count). The van der Waals surface area contributed by atoms with Gasteiger partial charge in [-0.1, -0.05) is 182 Å². The van der Waals surface area contributed by atoms with Crippen molar-refractivity contribution in [2.75, 3.05) is 31.3 Å². The Morgan fingerprint density at radius 3 is 1.02 bits per heavy atom. The highest BCUT2D eigenvalue weighted by atomic mass is 16.5. The molecule has 2 saturated carbocycles. The van der Waals surface area contributed by atoms with Gasteiger partial charge in [0.05, 0.1) is 37.5 Å². The zero-order valence-corrected chi connectivity index (χ0v) is 48.1. The van der Waals surface area contributed by atoms with E-state index in [4.69, 9.17) is 18.9 Å². The molecule has 8 aromatic rings. The zero-order valence-electron chi connectivity index (χ0n) is 48.1. The molecule has 0 amide bonds. The van der Waals surface area contributed by atoms with Crippen LogP contribution in [-0.4, -0.2) is 31.0 Å². The van der Waals surface area contributed by atoms with E-state index in [2.05, 4.69) is 179 Å². The Labute approximate surface area is 479 Å². The van der Waals surface area contributed by atoms with E-state index < -0.39 is 0 Å². The first-order valence-corrected chi connectivity index (χ1v) is 31.5. The van der Waals surface area contributed by atoms with E-state index in [9.17, 15) is 0 Å². The largest absolute Gasteiger partial charge is 0.494 e. The van der Waals surface area contributed by atoms with Gasteiger partial charge in [-0.3, -0.25) is 0 Å². The number of aromatic nitrogens is 1. The van der Waals surface area contributed by atoms with Gasteiger partial charge in [0, 0.05) is 33.5 Å². The second-order valence-corrected chi connectivity index (χ2v) is 23.1. The normalized spacial score (nSPS) is 14.2. The summed E-state index contributed by atoms with van der Waals surface area (Å²) in [6.45, 7) is 3.09. The van der Waals surface area contributed by atoms with Crippen molar-refractivity contribution in [2.24, 2.45) is 0 Å². The number of hydrogen-bond acceptors (Lipinski definition) is 5. The van der Waals surface area contributed by atoms with Gasteiger partial charge in [0.25, 0.3) is 0 Å². The van der Waals surface area contributed by atoms with Gasteiger partial charge in [-0.2, -0.15) is 0 Å². The summed E-state index contributed by atoms with van der Waals surface area (Å²) in [6.07, 6.45) is 33.2. The van der Waals surface area contributed by atoms with Crippen LogP contribution in [0.5, 0.6) is 23.0 Å². The summed E-state index contributed by atoms with van der Waals surface area (Å²) in [4.78, 5) is 2.34. The van der Waals surface area contributed by atoms with E-state index in [1.807, 2.05) is 0 Å². The van der Waals surface area contributed by atoms with Gasteiger partial charge in [-0.05, 0) is 177 Å². The number of para-hydroxylation sites is 2. The molecule has 2 fully saturated rings. The third-order valence-electron chi connectivity index (χ3n) is 17.2. The van der Waals surface area contributed by atoms with E-state index in [1.54, 1.807) is 0 Å². The van der Waals surface area contributed by atoms with E-state index in [-0.39, 0.29) is 0 Å². The summed E-state index contributed by atoms with van der Waals surface area (Å²) < 4.78 is 27.2. The highest BCUT2D eigenvalue weighted by molar-refractivity contribution is 6.09. The van der Waals surface area contributed by atoms with Gasteiger partial charge < -0.3 is 28.4 Å². The van der Waals surface area contributed by atoms with Crippen molar-refractivity contribution in [1.29, 1.82) is 0 Å². The van der Waals surface area contributed by atoms with Crippen LogP contribution in [0.25, 0.3) is 27.5 Å². The second kappa shape index (κ2) is 30.8. The molecule has 420 valence electrons. The molecule has 0 bridgehead atoms. The number of fused-ring (bicyclic) bond motifs is 3. The summed E-state index contributed by atoms with van der Waals surface area (Å²) in [6, 6.07) is 61.6. The van der Waals surface area contributed by atoms with Crippen LogP contribution in [-0.2, 0) is 0 Å². The topological polar surface area (TPSA) is 45.1 Å². The monoisotopic (exact) mass is 1070 g/mol. The third kappa shape index (κ3) is 16.3. The molecular formula is C74H90N2O4. The predicted molar refractivity (Wildman–Crippen MR) is 336 cm³/mol. The number of benzene rings is 7. The fourth-order valence-corrected chi connectivity index (χ4v) is 12.6. The van der Waals surface area contributed by atoms with Crippen LogP contribution in [0.15, 0.2) is 170 Å². The Hall–Kier alpha value is -6.66. The molecule has 7 aromatic carbocycles. The predicted octanol–water partition coefficient (Wildman–Crippen LogP) is 21.5. The molecule has 0 saturated heterocycles. The summed E-state index contributed by atoms with van der Waals surface area (Å²) >= 11 is 0. The zero-order chi connectivity index (χ0) is 54.2. The van der Waals surface area contributed by atoms with Gasteiger partial charge >= 0.3 is 0 Å². The molecule has 1 heterocycles. The van der Waals surface area contributed by atoms with Crippen LogP contribution < -0.4 is 23.8 Å². The van der Waals surface area contributed by atoms with Gasteiger partial charge in [0.2, 0.25) is 0 Å². The maximum atomic E-state index is 6.33. The third-order valence-corrected chi connectivity index (χ3v) is 17.2. The molecular weight excluding hydrogens is 981 g/mol. The molecule has 0 aliphatic heterocycles. The first kappa shape index (κ1) is 56.6. The highest BCUT2D eigenvalue weighted by Gasteiger charge is 2.19. The number of nitrogens with zero attached hydrogens (tertiary/aromatic N) is 2. The molecule has 0 radical (unpaired) electrons. The highest BCUT2D eigenvalue weighted by Crippen LogP contribution is 2.40. The minimum absolute atomic E-state index is 0.733. The molecule has 1 aromatic heterocycles. The summed E-state index contributed by atoms with van der Waals surface area (Å²) in [5.74, 6) is 5.36. The van der Waals surface area contributed by atoms with Crippen LogP contribution in [0.4, 0.5) is 17.1 Å². The number of unbranched alkanes of at least 4 members (excludes halogenated alkanes) is 14. The Balaban J connectivity index is 0.657. The minimum Gasteiger partial charge on any atom is -0.494 e. The lowest BCUT2D eigenvalue weighted by Crippen LogP contribution is -2.10. The standard InChI is InChI=1S/C74H90N2O4/c1(5-9-23-54-77-67-46-38-61(39-47-67)59-28-15-13-16-29-59)3-7-11-25-56-79-69-50-42-63(43-51-69)75(65-32-27-33-66(58-65)76-73-36-21-19-34-71(73)72-35-20-22-37-74(72)76)64-44-52-70(53-45-64)80-57-26-12-8-4-2-6-10-24-55-78-68-48-40-62(41-49-68)60-30-17-14-18-31-60/h19-22,27,32-53,58-60H,1-18,23-26,28-31,54-57H2. The van der Waals surface area contributed by atoms with Gasteiger partial charge in [-0.25, -0.2) is 0 Å². The summed E-state index contributed by atoms with van der Waals surface area (Å²) in [7, 11) is 0. The van der Waals surface area contributed by atoms with Crippen molar-refractivity contribution >= 4 is 38.9 Å².